The fourth-order valence-electron chi connectivity index (χ4n) is 1.87. The first-order valence-corrected chi connectivity index (χ1v) is 6.60. The third-order valence-corrected chi connectivity index (χ3v) is 3.81. The Bertz CT molecular complexity index is 675. The van der Waals surface area contributed by atoms with E-state index in [1.807, 2.05) is 36.7 Å². The molecule has 0 atom stereocenters. The van der Waals surface area contributed by atoms with E-state index in [1.165, 1.54) is 28.0 Å². The van der Waals surface area contributed by atoms with Crippen LogP contribution >= 0.6 is 11.5 Å². The molecule has 4 heteroatoms. The average Bonchev–Trinajstić information content (AvgIpc) is 2.81. The van der Waals surface area contributed by atoms with Crippen molar-refractivity contribution in [2.45, 2.75) is 13.5 Å². The summed E-state index contributed by atoms with van der Waals surface area (Å²) in [7, 11) is 0. The number of fused-ring (bicyclic) bond motifs is 1. The van der Waals surface area contributed by atoms with Crippen LogP contribution in [0, 0.1) is 6.92 Å². The third kappa shape index (κ3) is 2.07. The van der Waals surface area contributed by atoms with Gasteiger partial charge in [0.15, 0.2) is 0 Å². The number of aryl methyl sites for hydroxylation is 1. The van der Waals surface area contributed by atoms with E-state index in [1.54, 1.807) is 0 Å². The van der Waals surface area contributed by atoms with Crippen molar-refractivity contribution in [3.8, 4) is 0 Å². The summed E-state index contributed by atoms with van der Waals surface area (Å²) < 4.78 is 4.42. The van der Waals surface area contributed by atoms with Gasteiger partial charge < -0.3 is 5.32 Å². The number of anilines is 1. The zero-order chi connectivity index (χ0) is 12.4. The Morgan fingerprint density at radius 1 is 1.22 bits per heavy atom. The molecule has 0 saturated heterocycles. The normalized spacial score (nSPS) is 10.7. The van der Waals surface area contributed by atoms with E-state index in [2.05, 4.69) is 27.7 Å². The summed E-state index contributed by atoms with van der Waals surface area (Å²) in [5.41, 5.74) is 3.52. The van der Waals surface area contributed by atoms with Crippen LogP contribution in [0.4, 0.5) is 5.00 Å². The Kier molecular flexibility index (Phi) is 2.94. The molecule has 90 valence electrons. The van der Waals surface area contributed by atoms with Crippen molar-refractivity contribution in [2.75, 3.05) is 5.32 Å². The molecular weight excluding hydrogens is 242 g/mol. The SMILES string of the molecule is Cc1ccncc1CNc1snc2ccccc12. The molecule has 0 aliphatic rings. The number of hydrogen-bond acceptors (Lipinski definition) is 4. The highest BCUT2D eigenvalue weighted by Gasteiger charge is 2.05. The van der Waals surface area contributed by atoms with Gasteiger partial charge in [-0.05, 0) is 47.8 Å². The highest BCUT2D eigenvalue weighted by atomic mass is 32.1. The molecule has 3 rings (SSSR count). The molecule has 0 aliphatic heterocycles. The van der Waals surface area contributed by atoms with E-state index in [9.17, 15) is 0 Å². The first-order valence-electron chi connectivity index (χ1n) is 5.82. The first kappa shape index (κ1) is 11.2. The van der Waals surface area contributed by atoms with Gasteiger partial charge in [0.25, 0.3) is 0 Å². The fraction of sp³-hybridized carbons (Fsp3) is 0.143. The minimum atomic E-state index is 0.784. The average molecular weight is 255 g/mol. The van der Waals surface area contributed by atoms with Gasteiger partial charge in [0.05, 0.1) is 5.52 Å². The molecule has 3 aromatic rings. The molecule has 1 aromatic carbocycles. The lowest BCUT2D eigenvalue weighted by atomic mass is 10.1. The minimum absolute atomic E-state index is 0.784. The molecule has 0 fully saturated rings. The van der Waals surface area contributed by atoms with E-state index in [0.29, 0.717) is 0 Å². The number of nitrogens with one attached hydrogen (secondary N) is 1. The molecular formula is C14H13N3S. The highest BCUT2D eigenvalue weighted by molar-refractivity contribution is 7.11. The lowest BCUT2D eigenvalue weighted by Crippen LogP contribution is -2.00. The maximum atomic E-state index is 4.42. The monoisotopic (exact) mass is 255 g/mol. The van der Waals surface area contributed by atoms with Gasteiger partial charge in [0.1, 0.15) is 5.00 Å². The summed E-state index contributed by atoms with van der Waals surface area (Å²) in [5, 5.41) is 5.74. The van der Waals surface area contributed by atoms with E-state index in [0.717, 1.165) is 17.1 Å². The fourth-order valence-corrected chi connectivity index (χ4v) is 2.63. The summed E-state index contributed by atoms with van der Waals surface area (Å²) >= 11 is 1.51. The van der Waals surface area contributed by atoms with Crippen LogP contribution in [0.1, 0.15) is 11.1 Å². The van der Waals surface area contributed by atoms with Crippen LogP contribution in [0.5, 0.6) is 0 Å². The number of pyridine rings is 1. The molecule has 0 radical (unpaired) electrons. The molecule has 0 unspecified atom stereocenters. The van der Waals surface area contributed by atoms with Crippen molar-refractivity contribution in [3.63, 3.8) is 0 Å². The minimum Gasteiger partial charge on any atom is -0.371 e. The van der Waals surface area contributed by atoms with Crippen LogP contribution in [-0.2, 0) is 6.54 Å². The number of nitrogens with zero attached hydrogens (tertiary/aromatic N) is 2. The smallest absolute Gasteiger partial charge is 0.117 e. The van der Waals surface area contributed by atoms with Gasteiger partial charge in [-0.25, -0.2) is 0 Å². The van der Waals surface area contributed by atoms with Crippen LogP contribution in [-0.4, -0.2) is 9.36 Å². The maximum Gasteiger partial charge on any atom is 0.117 e. The molecule has 2 heterocycles. The molecule has 3 nitrogen and oxygen atoms in total. The maximum absolute atomic E-state index is 4.42. The van der Waals surface area contributed by atoms with E-state index in [-0.39, 0.29) is 0 Å². The number of aromatic nitrogens is 2. The van der Waals surface area contributed by atoms with Crippen molar-refractivity contribution < 1.29 is 0 Å². The van der Waals surface area contributed by atoms with Crippen LogP contribution in [0.15, 0.2) is 42.7 Å². The summed E-state index contributed by atoms with van der Waals surface area (Å²) in [6.07, 6.45) is 3.73. The highest BCUT2D eigenvalue weighted by Crippen LogP contribution is 2.27. The van der Waals surface area contributed by atoms with Crippen molar-refractivity contribution in [1.82, 2.24) is 9.36 Å². The zero-order valence-electron chi connectivity index (χ0n) is 10.1. The lowest BCUT2D eigenvalue weighted by molar-refractivity contribution is 1.09. The van der Waals surface area contributed by atoms with Crippen LogP contribution in [0.3, 0.4) is 0 Å². The van der Waals surface area contributed by atoms with Crippen LogP contribution < -0.4 is 5.32 Å². The zero-order valence-corrected chi connectivity index (χ0v) is 10.9. The number of rotatable bonds is 3. The van der Waals surface area contributed by atoms with Crippen molar-refractivity contribution in [1.29, 1.82) is 0 Å². The Hall–Kier alpha value is -1.94. The quantitative estimate of drug-likeness (QED) is 0.777. The number of benzene rings is 1. The molecule has 18 heavy (non-hydrogen) atoms. The van der Waals surface area contributed by atoms with Crippen LogP contribution in [0.2, 0.25) is 0 Å². The molecule has 0 spiro atoms. The van der Waals surface area contributed by atoms with Gasteiger partial charge in [-0.2, -0.15) is 4.37 Å². The molecule has 0 amide bonds. The van der Waals surface area contributed by atoms with Gasteiger partial charge in [-0.15, -0.1) is 0 Å². The van der Waals surface area contributed by atoms with Gasteiger partial charge >= 0.3 is 0 Å². The van der Waals surface area contributed by atoms with Crippen LogP contribution in [0.25, 0.3) is 10.9 Å². The largest absolute Gasteiger partial charge is 0.371 e. The van der Waals surface area contributed by atoms with Crippen molar-refractivity contribution >= 4 is 27.4 Å². The van der Waals surface area contributed by atoms with Gasteiger partial charge in [-0.1, -0.05) is 12.1 Å². The van der Waals surface area contributed by atoms with E-state index in [4.69, 9.17) is 0 Å². The first-order chi connectivity index (χ1) is 8.84. The van der Waals surface area contributed by atoms with Gasteiger partial charge in [0.2, 0.25) is 0 Å². The predicted molar refractivity (Wildman–Crippen MR) is 75.9 cm³/mol. The predicted octanol–water partition coefficient (Wildman–Crippen LogP) is 3.61. The van der Waals surface area contributed by atoms with E-state index >= 15 is 0 Å². The van der Waals surface area contributed by atoms with Gasteiger partial charge in [0, 0.05) is 24.3 Å². The summed E-state index contributed by atoms with van der Waals surface area (Å²) in [6.45, 7) is 2.88. The van der Waals surface area contributed by atoms with Crippen molar-refractivity contribution in [3.05, 3.63) is 53.9 Å². The van der Waals surface area contributed by atoms with E-state index < -0.39 is 0 Å². The molecule has 0 saturated carbocycles. The Labute approximate surface area is 110 Å². The molecule has 0 aliphatic carbocycles. The lowest BCUT2D eigenvalue weighted by Gasteiger charge is -2.06. The second kappa shape index (κ2) is 4.74. The molecule has 2 aromatic heterocycles. The number of hydrogen-bond donors (Lipinski definition) is 1. The second-order valence-electron chi connectivity index (χ2n) is 4.18. The van der Waals surface area contributed by atoms with Crippen molar-refractivity contribution in [2.24, 2.45) is 0 Å². The summed E-state index contributed by atoms with van der Waals surface area (Å²) in [6, 6.07) is 10.2. The van der Waals surface area contributed by atoms with Gasteiger partial charge in [-0.3, -0.25) is 4.98 Å². The Balaban J connectivity index is 1.83. The standard InChI is InChI=1S/C14H13N3S/c1-10-6-7-15-8-11(10)9-16-14-12-4-2-3-5-13(12)17-18-14/h2-8,16H,9H2,1H3. The second-order valence-corrected chi connectivity index (χ2v) is 4.96. The summed E-state index contributed by atoms with van der Waals surface area (Å²) in [4.78, 5) is 4.16. The summed E-state index contributed by atoms with van der Waals surface area (Å²) in [5.74, 6) is 0. The Morgan fingerprint density at radius 3 is 3.00 bits per heavy atom. The third-order valence-electron chi connectivity index (χ3n) is 2.97. The Morgan fingerprint density at radius 2 is 2.11 bits per heavy atom. The molecule has 0 bridgehead atoms. The topological polar surface area (TPSA) is 37.8 Å². The molecule has 1 N–H and O–H groups in total.